The zero-order chi connectivity index (χ0) is 19.6. The predicted octanol–water partition coefficient (Wildman–Crippen LogP) is 3.45. The van der Waals surface area contributed by atoms with Crippen molar-refractivity contribution in [2.24, 2.45) is 5.92 Å². The molecule has 2 aromatic rings. The lowest BCUT2D eigenvalue weighted by molar-refractivity contribution is -0.385. The monoisotopic (exact) mass is 367 g/mol. The fraction of sp³-hybridized carbons (Fsp3) is 0.300. The number of hydrogen-bond donors (Lipinski definition) is 1. The number of rotatable bonds is 5. The van der Waals surface area contributed by atoms with Crippen LogP contribution in [0.4, 0.5) is 11.4 Å². The molecule has 3 rings (SSSR count). The van der Waals surface area contributed by atoms with Crippen LogP contribution in [-0.2, 0) is 9.59 Å². The lowest BCUT2D eigenvalue weighted by Crippen LogP contribution is -2.30. The number of carbonyl (C=O) groups is 2. The average molecular weight is 367 g/mol. The molecule has 2 amide bonds. The van der Waals surface area contributed by atoms with Gasteiger partial charge in [0.1, 0.15) is 0 Å². The van der Waals surface area contributed by atoms with E-state index in [-0.39, 0.29) is 30.0 Å². The molecule has 1 saturated heterocycles. The molecule has 140 valence electrons. The fourth-order valence-electron chi connectivity index (χ4n) is 3.32. The number of anilines is 1. The molecule has 0 radical (unpaired) electrons. The number of benzene rings is 2. The van der Waals surface area contributed by atoms with Crippen molar-refractivity contribution >= 4 is 23.2 Å². The smallest absolute Gasteiger partial charge is 0.274 e. The SMILES string of the molecule is Cc1ccc(NC(=O)[C@@H]2CC(=O)N([C@H](C)c3ccccc3)C2)cc1[N+](=O)[O-]. The Kier molecular flexibility index (Phi) is 5.21. The second-order valence-corrected chi connectivity index (χ2v) is 6.78. The molecule has 0 bridgehead atoms. The molecule has 27 heavy (non-hydrogen) atoms. The number of hydrogen-bond acceptors (Lipinski definition) is 4. The average Bonchev–Trinajstić information content (AvgIpc) is 3.05. The Hall–Kier alpha value is -3.22. The van der Waals surface area contributed by atoms with E-state index in [1.807, 2.05) is 37.3 Å². The van der Waals surface area contributed by atoms with Crippen molar-refractivity contribution in [2.45, 2.75) is 26.3 Å². The minimum atomic E-state index is -0.482. The van der Waals surface area contributed by atoms with Crippen LogP contribution in [0.1, 0.15) is 30.5 Å². The topological polar surface area (TPSA) is 92.6 Å². The van der Waals surface area contributed by atoms with Crippen molar-refractivity contribution in [3.8, 4) is 0 Å². The van der Waals surface area contributed by atoms with Gasteiger partial charge in [-0.1, -0.05) is 36.4 Å². The summed E-state index contributed by atoms with van der Waals surface area (Å²) < 4.78 is 0. The maximum absolute atomic E-state index is 12.6. The highest BCUT2D eigenvalue weighted by Gasteiger charge is 2.37. The molecule has 1 aliphatic rings. The second-order valence-electron chi connectivity index (χ2n) is 6.78. The van der Waals surface area contributed by atoms with E-state index in [1.54, 1.807) is 24.0 Å². The van der Waals surface area contributed by atoms with Crippen molar-refractivity contribution in [3.05, 3.63) is 69.8 Å². The van der Waals surface area contributed by atoms with E-state index < -0.39 is 10.8 Å². The van der Waals surface area contributed by atoms with Crippen LogP contribution in [0, 0.1) is 23.0 Å². The zero-order valence-electron chi connectivity index (χ0n) is 15.2. The van der Waals surface area contributed by atoms with Crippen molar-refractivity contribution in [1.82, 2.24) is 4.90 Å². The van der Waals surface area contributed by atoms with E-state index >= 15 is 0 Å². The first-order valence-electron chi connectivity index (χ1n) is 8.77. The lowest BCUT2D eigenvalue weighted by atomic mass is 10.1. The summed E-state index contributed by atoms with van der Waals surface area (Å²) in [5, 5.41) is 13.8. The van der Waals surface area contributed by atoms with Crippen molar-refractivity contribution in [1.29, 1.82) is 0 Å². The number of likely N-dealkylation sites (tertiary alicyclic amines) is 1. The molecule has 0 unspecified atom stereocenters. The highest BCUT2D eigenvalue weighted by atomic mass is 16.6. The van der Waals surface area contributed by atoms with Gasteiger partial charge in [0.15, 0.2) is 0 Å². The standard InChI is InChI=1S/C20H21N3O4/c1-13-8-9-17(11-18(13)23(26)27)21-20(25)16-10-19(24)22(12-16)14(2)15-6-4-3-5-7-15/h3-9,11,14,16H,10,12H2,1-2H3,(H,21,25)/t14-,16-/m1/s1. The van der Waals surface area contributed by atoms with Crippen LogP contribution in [0.15, 0.2) is 48.5 Å². The molecule has 1 heterocycles. The van der Waals surface area contributed by atoms with Gasteiger partial charge in [0.25, 0.3) is 5.69 Å². The van der Waals surface area contributed by atoms with Crippen LogP contribution < -0.4 is 5.32 Å². The Morgan fingerprint density at radius 2 is 1.96 bits per heavy atom. The minimum Gasteiger partial charge on any atom is -0.335 e. The van der Waals surface area contributed by atoms with E-state index in [4.69, 9.17) is 0 Å². The first-order chi connectivity index (χ1) is 12.9. The van der Waals surface area contributed by atoms with E-state index in [0.29, 0.717) is 17.8 Å². The molecule has 1 fully saturated rings. The molecule has 0 aliphatic carbocycles. The van der Waals surface area contributed by atoms with Gasteiger partial charge in [0.2, 0.25) is 11.8 Å². The second kappa shape index (κ2) is 7.57. The van der Waals surface area contributed by atoms with Crippen LogP contribution in [-0.4, -0.2) is 28.2 Å². The molecule has 7 heteroatoms. The summed E-state index contributed by atoms with van der Waals surface area (Å²) in [6.45, 7) is 3.91. The van der Waals surface area contributed by atoms with Gasteiger partial charge >= 0.3 is 0 Å². The summed E-state index contributed by atoms with van der Waals surface area (Å²) in [4.78, 5) is 37.3. The van der Waals surface area contributed by atoms with Gasteiger partial charge in [-0.15, -0.1) is 0 Å². The fourth-order valence-corrected chi connectivity index (χ4v) is 3.32. The Bertz CT molecular complexity index is 882. The van der Waals surface area contributed by atoms with Crippen molar-refractivity contribution < 1.29 is 14.5 Å². The zero-order valence-corrected chi connectivity index (χ0v) is 15.2. The van der Waals surface area contributed by atoms with E-state index in [0.717, 1.165) is 5.56 Å². The van der Waals surface area contributed by atoms with Crippen LogP contribution >= 0.6 is 0 Å². The lowest BCUT2D eigenvalue weighted by Gasteiger charge is -2.25. The van der Waals surface area contributed by atoms with Gasteiger partial charge in [0.05, 0.1) is 16.9 Å². The summed E-state index contributed by atoms with van der Waals surface area (Å²) >= 11 is 0. The number of aryl methyl sites for hydroxylation is 1. The summed E-state index contributed by atoms with van der Waals surface area (Å²) in [5.74, 6) is -0.852. The molecular weight excluding hydrogens is 346 g/mol. The Morgan fingerprint density at radius 1 is 1.26 bits per heavy atom. The quantitative estimate of drug-likeness (QED) is 0.647. The Balaban J connectivity index is 1.69. The highest BCUT2D eigenvalue weighted by Crippen LogP contribution is 2.29. The summed E-state index contributed by atoms with van der Waals surface area (Å²) in [6.07, 6.45) is 0.136. The summed E-state index contributed by atoms with van der Waals surface area (Å²) in [7, 11) is 0. The van der Waals surface area contributed by atoms with Crippen molar-refractivity contribution in [3.63, 3.8) is 0 Å². The van der Waals surface area contributed by atoms with E-state index in [1.165, 1.54) is 6.07 Å². The molecule has 0 aromatic heterocycles. The van der Waals surface area contributed by atoms with Crippen molar-refractivity contribution in [2.75, 3.05) is 11.9 Å². The minimum absolute atomic E-state index is 0.0466. The number of nitro benzene ring substituents is 1. The molecular formula is C20H21N3O4. The number of carbonyl (C=O) groups excluding carboxylic acids is 2. The third-order valence-electron chi connectivity index (χ3n) is 4.95. The predicted molar refractivity (Wildman–Crippen MR) is 101 cm³/mol. The number of amides is 2. The first-order valence-corrected chi connectivity index (χ1v) is 8.77. The summed E-state index contributed by atoms with van der Waals surface area (Å²) in [6, 6.07) is 14.1. The van der Waals surface area contributed by atoms with Gasteiger partial charge < -0.3 is 10.2 Å². The third kappa shape index (κ3) is 3.97. The number of nitrogens with one attached hydrogen (secondary N) is 1. The Labute approximate surface area is 157 Å². The first kappa shape index (κ1) is 18.6. The molecule has 2 aromatic carbocycles. The van der Waals surface area contributed by atoms with Gasteiger partial charge in [-0.2, -0.15) is 0 Å². The molecule has 0 saturated carbocycles. The molecule has 1 aliphatic heterocycles. The van der Waals surface area contributed by atoms with Gasteiger partial charge in [-0.3, -0.25) is 19.7 Å². The molecule has 1 N–H and O–H groups in total. The number of nitro groups is 1. The van der Waals surface area contributed by atoms with Crippen LogP contribution in [0.3, 0.4) is 0 Å². The van der Waals surface area contributed by atoms with Crippen LogP contribution in [0.25, 0.3) is 0 Å². The number of nitrogens with zero attached hydrogens (tertiary/aromatic N) is 2. The van der Waals surface area contributed by atoms with E-state index in [9.17, 15) is 19.7 Å². The van der Waals surface area contributed by atoms with Crippen LogP contribution in [0.2, 0.25) is 0 Å². The maximum Gasteiger partial charge on any atom is 0.274 e. The van der Waals surface area contributed by atoms with Gasteiger partial charge in [-0.25, -0.2) is 0 Å². The molecule has 2 atom stereocenters. The highest BCUT2D eigenvalue weighted by molar-refractivity contribution is 5.97. The molecule has 7 nitrogen and oxygen atoms in total. The normalized spacial score (nSPS) is 17.6. The molecule has 0 spiro atoms. The van der Waals surface area contributed by atoms with Gasteiger partial charge in [0, 0.05) is 30.3 Å². The van der Waals surface area contributed by atoms with Crippen LogP contribution in [0.5, 0.6) is 0 Å². The largest absolute Gasteiger partial charge is 0.335 e. The third-order valence-corrected chi connectivity index (χ3v) is 4.95. The van der Waals surface area contributed by atoms with E-state index in [2.05, 4.69) is 5.32 Å². The van der Waals surface area contributed by atoms with Gasteiger partial charge in [-0.05, 0) is 25.5 Å². The Morgan fingerprint density at radius 3 is 2.63 bits per heavy atom. The maximum atomic E-state index is 12.6. The summed E-state index contributed by atoms with van der Waals surface area (Å²) in [5.41, 5.74) is 1.85.